The Bertz CT molecular complexity index is 225. The van der Waals surface area contributed by atoms with Gasteiger partial charge in [-0.05, 0) is 12.8 Å². The van der Waals surface area contributed by atoms with E-state index in [1.807, 2.05) is 6.07 Å². The van der Waals surface area contributed by atoms with Gasteiger partial charge in [-0.15, -0.1) is 0 Å². The van der Waals surface area contributed by atoms with Crippen LogP contribution >= 0.6 is 0 Å². The van der Waals surface area contributed by atoms with Crippen LogP contribution in [0.25, 0.3) is 0 Å². The largest absolute Gasteiger partial charge is 0.465 e. The van der Waals surface area contributed by atoms with Gasteiger partial charge < -0.3 is 15.7 Å². The smallest absolute Gasteiger partial charge is 0.407 e. The van der Waals surface area contributed by atoms with Gasteiger partial charge in [0.1, 0.15) is 5.54 Å². The summed E-state index contributed by atoms with van der Waals surface area (Å²) < 4.78 is 0. The van der Waals surface area contributed by atoms with Gasteiger partial charge in [-0.1, -0.05) is 0 Å². The van der Waals surface area contributed by atoms with Crippen LogP contribution in [0.5, 0.6) is 0 Å². The van der Waals surface area contributed by atoms with Crippen LogP contribution in [0, 0.1) is 11.3 Å². The molecular formula is C7H11N3O2. The van der Waals surface area contributed by atoms with E-state index < -0.39 is 11.6 Å². The fourth-order valence-corrected chi connectivity index (χ4v) is 1.21. The maximum absolute atomic E-state index is 10.5. The molecule has 0 radical (unpaired) electrons. The zero-order chi connectivity index (χ0) is 9.19. The number of nitrogens with two attached hydrogens (primary N) is 1. The highest BCUT2D eigenvalue weighted by molar-refractivity contribution is 5.65. The van der Waals surface area contributed by atoms with Crippen molar-refractivity contribution in [2.75, 3.05) is 13.1 Å². The van der Waals surface area contributed by atoms with Gasteiger partial charge in [-0.3, -0.25) is 0 Å². The second kappa shape index (κ2) is 2.99. The summed E-state index contributed by atoms with van der Waals surface area (Å²) in [5.41, 5.74) is 4.83. The SMILES string of the molecule is N#CC1(N)CCN(C(=O)O)CC1. The van der Waals surface area contributed by atoms with Crippen molar-refractivity contribution in [3.05, 3.63) is 0 Å². The van der Waals surface area contributed by atoms with Gasteiger partial charge >= 0.3 is 6.09 Å². The number of nitrogens with zero attached hydrogens (tertiary/aromatic N) is 2. The average molecular weight is 169 g/mol. The van der Waals surface area contributed by atoms with Gasteiger partial charge in [0.15, 0.2) is 0 Å². The molecule has 0 aromatic heterocycles. The Morgan fingerprint density at radius 2 is 2.08 bits per heavy atom. The van der Waals surface area contributed by atoms with Crippen LogP contribution < -0.4 is 5.73 Å². The summed E-state index contributed by atoms with van der Waals surface area (Å²) in [7, 11) is 0. The van der Waals surface area contributed by atoms with Crippen LogP contribution in [0.15, 0.2) is 0 Å². The molecule has 0 aromatic carbocycles. The molecule has 5 heteroatoms. The molecule has 0 aliphatic carbocycles. The molecule has 0 aromatic rings. The summed E-state index contributed by atoms with van der Waals surface area (Å²) in [4.78, 5) is 11.7. The van der Waals surface area contributed by atoms with Crippen molar-refractivity contribution in [3.63, 3.8) is 0 Å². The van der Waals surface area contributed by atoms with Gasteiger partial charge in [-0.2, -0.15) is 5.26 Å². The van der Waals surface area contributed by atoms with E-state index in [2.05, 4.69) is 0 Å². The first kappa shape index (κ1) is 8.81. The van der Waals surface area contributed by atoms with Gasteiger partial charge in [0, 0.05) is 13.1 Å². The van der Waals surface area contributed by atoms with Crippen molar-refractivity contribution in [1.29, 1.82) is 5.26 Å². The number of hydrogen-bond acceptors (Lipinski definition) is 3. The fraction of sp³-hybridized carbons (Fsp3) is 0.714. The molecule has 1 aliphatic rings. The number of carboxylic acid groups (broad SMARTS) is 1. The Morgan fingerprint density at radius 1 is 1.58 bits per heavy atom. The predicted octanol–water partition coefficient (Wildman–Crippen LogP) is -0.0187. The van der Waals surface area contributed by atoms with Crippen LogP contribution in [0.1, 0.15) is 12.8 Å². The van der Waals surface area contributed by atoms with Gasteiger partial charge in [0.2, 0.25) is 0 Å². The van der Waals surface area contributed by atoms with Crippen LogP contribution in [-0.4, -0.2) is 34.7 Å². The van der Waals surface area contributed by atoms with Crippen LogP contribution in [0.2, 0.25) is 0 Å². The van der Waals surface area contributed by atoms with Crippen molar-refractivity contribution in [2.24, 2.45) is 5.73 Å². The summed E-state index contributed by atoms with van der Waals surface area (Å²) >= 11 is 0. The highest BCUT2D eigenvalue weighted by atomic mass is 16.4. The molecule has 3 N–H and O–H groups in total. The summed E-state index contributed by atoms with van der Waals surface area (Å²) in [6, 6.07) is 2.00. The first-order chi connectivity index (χ1) is 5.57. The fourth-order valence-electron chi connectivity index (χ4n) is 1.21. The first-order valence-corrected chi connectivity index (χ1v) is 3.75. The Hall–Kier alpha value is -1.28. The Labute approximate surface area is 70.4 Å². The lowest BCUT2D eigenvalue weighted by molar-refractivity contribution is 0.126. The van der Waals surface area contributed by atoms with E-state index in [1.165, 1.54) is 4.90 Å². The number of rotatable bonds is 0. The number of amides is 1. The summed E-state index contributed by atoms with van der Waals surface area (Å²) in [6.45, 7) is 0.721. The Morgan fingerprint density at radius 3 is 2.42 bits per heavy atom. The molecule has 1 amide bonds. The number of hydrogen-bond donors (Lipinski definition) is 2. The van der Waals surface area contributed by atoms with Crippen molar-refractivity contribution in [1.82, 2.24) is 4.90 Å². The van der Waals surface area contributed by atoms with Gasteiger partial charge in [0.25, 0.3) is 0 Å². The quantitative estimate of drug-likeness (QED) is 0.533. The second-order valence-corrected chi connectivity index (χ2v) is 3.04. The monoisotopic (exact) mass is 169 g/mol. The molecule has 0 spiro atoms. The van der Waals surface area contributed by atoms with Crippen molar-refractivity contribution < 1.29 is 9.90 Å². The standard InChI is InChI=1S/C7H11N3O2/c8-5-7(9)1-3-10(4-2-7)6(11)12/h1-4,9H2,(H,11,12). The average Bonchev–Trinajstić information content (AvgIpc) is 2.05. The third-order valence-corrected chi connectivity index (χ3v) is 2.15. The van der Waals surface area contributed by atoms with E-state index in [0.29, 0.717) is 25.9 Å². The molecule has 1 heterocycles. The molecule has 0 atom stereocenters. The summed E-state index contributed by atoms with van der Waals surface area (Å²) in [6.07, 6.45) is -0.0824. The highest BCUT2D eigenvalue weighted by Crippen LogP contribution is 2.18. The molecule has 1 saturated heterocycles. The minimum atomic E-state index is -0.935. The molecule has 66 valence electrons. The molecule has 5 nitrogen and oxygen atoms in total. The van der Waals surface area contributed by atoms with Gasteiger partial charge in [0.05, 0.1) is 6.07 Å². The molecule has 1 fully saturated rings. The van der Waals surface area contributed by atoms with Crippen LogP contribution in [-0.2, 0) is 0 Å². The minimum absolute atomic E-state index is 0.361. The Balaban J connectivity index is 2.51. The van der Waals surface area contributed by atoms with Crippen molar-refractivity contribution in [2.45, 2.75) is 18.4 Å². The minimum Gasteiger partial charge on any atom is -0.465 e. The van der Waals surface area contributed by atoms with E-state index in [1.54, 1.807) is 0 Å². The van der Waals surface area contributed by atoms with E-state index >= 15 is 0 Å². The van der Waals surface area contributed by atoms with Crippen molar-refractivity contribution >= 4 is 6.09 Å². The van der Waals surface area contributed by atoms with Crippen LogP contribution in [0.4, 0.5) is 4.79 Å². The molecule has 12 heavy (non-hydrogen) atoms. The van der Waals surface area contributed by atoms with E-state index in [0.717, 1.165) is 0 Å². The third kappa shape index (κ3) is 1.66. The van der Waals surface area contributed by atoms with E-state index in [-0.39, 0.29) is 0 Å². The number of nitriles is 1. The normalized spacial score (nSPS) is 21.5. The molecule has 0 unspecified atom stereocenters. The first-order valence-electron chi connectivity index (χ1n) is 3.75. The molecule has 0 bridgehead atoms. The highest BCUT2D eigenvalue weighted by Gasteiger charge is 2.32. The number of likely N-dealkylation sites (tertiary alicyclic amines) is 1. The topological polar surface area (TPSA) is 90.4 Å². The lowest BCUT2D eigenvalue weighted by Gasteiger charge is -2.32. The lowest BCUT2D eigenvalue weighted by Crippen LogP contribution is -2.50. The number of piperidine rings is 1. The Kier molecular flexibility index (Phi) is 2.20. The van der Waals surface area contributed by atoms with E-state index in [4.69, 9.17) is 16.1 Å². The maximum Gasteiger partial charge on any atom is 0.407 e. The summed E-state index contributed by atoms with van der Waals surface area (Å²) in [5.74, 6) is 0. The third-order valence-electron chi connectivity index (χ3n) is 2.15. The second-order valence-electron chi connectivity index (χ2n) is 3.04. The van der Waals surface area contributed by atoms with Crippen LogP contribution in [0.3, 0.4) is 0 Å². The maximum atomic E-state index is 10.5. The molecule has 0 saturated carbocycles. The molecule has 1 aliphatic heterocycles. The zero-order valence-electron chi connectivity index (χ0n) is 6.66. The zero-order valence-corrected chi connectivity index (χ0v) is 6.66. The molecular weight excluding hydrogens is 158 g/mol. The molecule has 1 rings (SSSR count). The number of carbonyl (C=O) groups is 1. The lowest BCUT2D eigenvalue weighted by atomic mass is 9.91. The predicted molar refractivity (Wildman–Crippen MR) is 41.4 cm³/mol. The van der Waals surface area contributed by atoms with Gasteiger partial charge in [-0.25, -0.2) is 4.79 Å². The van der Waals surface area contributed by atoms with Crippen molar-refractivity contribution in [3.8, 4) is 6.07 Å². The van der Waals surface area contributed by atoms with E-state index in [9.17, 15) is 4.79 Å². The summed E-state index contributed by atoms with van der Waals surface area (Å²) in [5, 5.41) is 17.2.